The van der Waals surface area contributed by atoms with E-state index < -0.39 is 30.2 Å². The summed E-state index contributed by atoms with van der Waals surface area (Å²) >= 11 is 0. The lowest BCUT2D eigenvalue weighted by Crippen LogP contribution is -2.40. The van der Waals surface area contributed by atoms with Crippen molar-refractivity contribution in [2.75, 3.05) is 6.61 Å². The summed E-state index contributed by atoms with van der Waals surface area (Å²) in [5.74, 6) is -3.87. The molecule has 0 heterocycles. The monoisotopic (exact) mass is 482 g/mol. The van der Waals surface area contributed by atoms with Gasteiger partial charge in [-0.1, -0.05) is 32.6 Å². The Bertz CT molecular complexity index is 954. The Kier molecular flexibility index (Phi) is 9.91. The number of carboxylic acids is 1. The highest BCUT2D eigenvalue weighted by Crippen LogP contribution is 2.25. The van der Waals surface area contributed by atoms with E-state index >= 15 is 0 Å². The maximum absolute atomic E-state index is 12.6. The van der Waals surface area contributed by atoms with Crippen molar-refractivity contribution in [1.29, 1.82) is 0 Å². The first-order valence-electron chi connectivity index (χ1n) is 10.7. The number of carbonyl (C=O) groups excluding carboxylic acids is 2. The van der Waals surface area contributed by atoms with Crippen LogP contribution in [0.25, 0.3) is 0 Å². The topological polar surface area (TPSA) is 99.1 Å². The van der Waals surface area contributed by atoms with Crippen molar-refractivity contribution in [1.82, 2.24) is 0 Å². The van der Waals surface area contributed by atoms with E-state index in [0.29, 0.717) is 12.4 Å². The van der Waals surface area contributed by atoms with Crippen LogP contribution in [0.3, 0.4) is 0 Å². The maximum Gasteiger partial charge on any atom is 0.436 e. The number of halogens is 3. The number of aliphatic carboxylic acids is 1. The molecule has 0 radical (unpaired) electrons. The van der Waals surface area contributed by atoms with Crippen LogP contribution in [-0.4, -0.2) is 41.9 Å². The summed E-state index contributed by atoms with van der Waals surface area (Å²) in [5.41, 5.74) is -0.0974. The summed E-state index contributed by atoms with van der Waals surface area (Å²) in [4.78, 5) is 34.8. The molecular weight excluding hydrogens is 457 g/mol. The highest BCUT2D eigenvalue weighted by Gasteiger charge is 2.48. The Morgan fingerprint density at radius 3 is 1.88 bits per heavy atom. The highest BCUT2D eigenvalue weighted by atomic mass is 19.4. The molecule has 1 N–H and O–H groups in total. The van der Waals surface area contributed by atoms with E-state index in [-0.39, 0.29) is 16.9 Å². The van der Waals surface area contributed by atoms with Gasteiger partial charge in [-0.05, 0) is 55.0 Å². The lowest BCUT2D eigenvalue weighted by molar-refractivity contribution is -0.214. The molecule has 0 bridgehead atoms. The summed E-state index contributed by atoms with van der Waals surface area (Å²) in [5, 5.41) is 8.59. The van der Waals surface area contributed by atoms with Crippen molar-refractivity contribution >= 4 is 17.9 Å². The average molecular weight is 482 g/mol. The normalized spacial score (nSPS) is 12.0. The second-order valence-electron chi connectivity index (χ2n) is 7.37. The minimum absolute atomic E-state index is 0.0274. The molecule has 184 valence electrons. The van der Waals surface area contributed by atoms with Gasteiger partial charge in [-0.25, -0.2) is 14.4 Å². The zero-order valence-electron chi connectivity index (χ0n) is 18.5. The first kappa shape index (κ1) is 26.7. The molecule has 7 nitrogen and oxygen atoms in total. The van der Waals surface area contributed by atoms with Crippen LogP contribution >= 0.6 is 0 Å². The van der Waals surface area contributed by atoms with Gasteiger partial charge in [0.2, 0.25) is 0 Å². The fourth-order valence-electron chi connectivity index (χ4n) is 2.84. The number of esters is 2. The van der Waals surface area contributed by atoms with E-state index in [2.05, 4.69) is 11.7 Å². The predicted molar refractivity (Wildman–Crippen MR) is 115 cm³/mol. The molecule has 0 fully saturated rings. The Morgan fingerprint density at radius 1 is 0.824 bits per heavy atom. The van der Waals surface area contributed by atoms with Crippen molar-refractivity contribution in [3.05, 3.63) is 59.7 Å². The van der Waals surface area contributed by atoms with Gasteiger partial charge in [0.25, 0.3) is 6.10 Å². The number of benzene rings is 2. The van der Waals surface area contributed by atoms with Gasteiger partial charge in [0.1, 0.15) is 11.5 Å². The predicted octanol–water partition coefficient (Wildman–Crippen LogP) is 5.43. The number of carbonyl (C=O) groups is 3. The maximum atomic E-state index is 12.6. The Balaban J connectivity index is 1.88. The molecule has 0 aliphatic carbocycles. The summed E-state index contributed by atoms with van der Waals surface area (Å²) in [6, 6.07) is 10.8. The molecule has 0 aliphatic heterocycles. The minimum atomic E-state index is -5.26. The smallest absolute Gasteiger partial charge is 0.436 e. The molecule has 2 aromatic carbocycles. The van der Waals surface area contributed by atoms with Gasteiger partial charge in [0.05, 0.1) is 17.7 Å². The van der Waals surface area contributed by atoms with Crippen LogP contribution in [0.2, 0.25) is 0 Å². The number of rotatable bonds is 12. The first-order valence-corrected chi connectivity index (χ1v) is 10.7. The third-order valence-corrected chi connectivity index (χ3v) is 4.65. The third kappa shape index (κ3) is 8.42. The third-order valence-electron chi connectivity index (χ3n) is 4.65. The molecule has 2 rings (SSSR count). The molecule has 0 aromatic heterocycles. The number of carboxylic acid groups (broad SMARTS) is 1. The van der Waals surface area contributed by atoms with Gasteiger partial charge < -0.3 is 19.3 Å². The lowest BCUT2D eigenvalue weighted by Gasteiger charge is -2.16. The van der Waals surface area contributed by atoms with E-state index in [1.807, 2.05) is 0 Å². The van der Waals surface area contributed by atoms with Crippen molar-refractivity contribution in [3.63, 3.8) is 0 Å². The zero-order valence-corrected chi connectivity index (χ0v) is 18.5. The fourth-order valence-corrected chi connectivity index (χ4v) is 2.84. The van der Waals surface area contributed by atoms with Gasteiger partial charge in [0.15, 0.2) is 0 Å². The van der Waals surface area contributed by atoms with Crippen LogP contribution in [0.5, 0.6) is 11.5 Å². The second-order valence-corrected chi connectivity index (χ2v) is 7.37. The molecule has 0 aliphatic rings. The van der Waals surface area contributed by atoms with Crippen LogP contribution < -0.4 is 9.47 Å². The first-order chi connectivity index (χ1) is 16.1. The van der Waals surface area contributed by atoms with Crippen LogP contribution in [-0.2, 0) is 9.53 Å². The van der Waals surface area contributed by atoms with Crippen LogP contribution in [0.1, 0.15) is 59.7 Å². The number of unbranched alkanes of at least 4 members (excludes halogenated alkanes) is 4. The summed E-state index contributed by atoms with van der Waals surface area (Å²) in [6.45, 7) is 2.73. The SMILES string of the molecule is CCCCCCCOc1ccc(C(=O)Oc2ccc(C(=O)OC(C(=O)O)C(F)(F)F)cc2)cc1. The van der Waals surface area contributed by atoms with E-state index in [1.165, 1.54) is 43.5 Å². The number of hydrogen-bond donors (Lipinski definition) is 1. The van der Waals surface area contributed by atoms with Gasteiger partial charge >= 0.3 is 24.1 Å². The molecular formula is C24H25F3O7. The fraction of sp³-hybridized carbons (Fsp3) is 0.375. The van der Waals surface area contributed by atoms with E-state index in [9.17, 15) is 27.6 Å². The van der Waals surface area contributed by atoms with E-state index in [4.69, 9.17) is 14.6 Å². The van der Waals surface area contributed by atoms with Crippen molar-refractivity contribution in [2.24, 2.45) is 0 Å². The van der Waals surface area contributed by atoms with Gasteiger partial charge in [-0.2, -0.15) is 13.2 Å². The molecule has 0 saturated heterocycles. The average Bonchev–Trinajstić information content (AvgIpc) is 2.79. The molecule has 0 spiro atoms. The summed E-state index contributed by atoms with van der Waals surface area (Å²) in [6.07, 6.45) is -2.96. The summed E-state index contributed by atoms with van der Waals surface area (Å²) < 4.78 is 52.8. The zero-order chi connectivity index (χ0) is 25.1. The van der Waals surface area contributed by atoms with Crippen molar-refractivity contribution in [3.8, 4) is 11.5 Å². The Labute approximate surface area is 194 Å². The molecule has 1 atom stereocenters. The quantitative estimate of drug-likeness (QED) is 0.245. The van der Waals surface area contributed by atoms with Gasteiger partial charge in [-0.3, -0.25) is 0 Å². The van der Waals surface area contributed by atoms with Gasteiger partial charge in [-0.15, -0.1) is 0 Å². The molecule has 0 amide bonds. The molecule has 34 heavy (non-hydrogen) atoms. The standard InChI is InChI=1S/C24H25F3O7/c1-2-3-4-5-6-15-32-18-11-7-16(8-12-18)22(30)33-19-13-9-17(10-14-19)23(31)34-20(21(28)29)24(25,26)27/h7-14,20H,2-6,15H2,1H3,(H,28,29). The van der Waals surface area contributed by atoms with E-state index in [0.717, 1.165) is 25.0 Å². The van der Waals surface area contributed by atoms with E-state index in [1.54, 1.807) is 12.1 Å². The van der Waals surface area contributed by atoms with Crippen LogP contribution in [0, 0.1) is 0 Å². The lowest BCUT2D eigenvalue weighted by atomic mass is 10.2. The minimum Gasteiger partial charge on any atom is -0.494 e. The van der Waals surface area contributed by atoms with Crippen molar-refractivity contribution in [2.45, 2.75) is 51.3 Å². The molecule has 0 saturated carbocycles. The van der Waals surface area contributed by atoms with Crippen molar-refractivity contribution < 1.29 is 46.9 Å². The number of alkyl halides is 3. The number of ether oxygens (including phenoxy) is 3. The highest BCUT2D eigenvalue weighted by molar-refractivity contribution is 5.93. The molecule has 10 heteroatoms. The van der Waals surface area contributed by atoms with Crippen LogP contribution in [0.4, 0.5) is 13.2 Å². The van der Waals surface area contributed by atoms with Crippen LogP contribution in [0.15, 0.2) is 48.5 Å². The molecule has 1 unspecified atom stereocenters. The largest absolute Gasteiger partial charge is 0.494 e. The Hall–Kier alpha value is -3.56. The molecule has 2 aromatic rings. The number of hydrogen-bond acceptors (Lipinski definition) is 6. The Morgan fingerprint density at radius 2 is 1.35 bits per heavy atom. The summed E-state index contributed by atoms with van der Waals surface area (Å²) in [7, 11) is 0. The van der Waals surface area contributed by atoms with Gasteiger partial charge in [0, 0.05) is 0 Å². The second kappa shape index (κ2) is 12.6.